The molecule has 0 radical (unpaired) electrons. The molecule has 0 aromatic rings. The minimum absolute atomic E-state index is 0.294. The molecule has 0 spiro atoms. The van der Waals surface area contributed by atoms with Gasteiger partial charge in [0.2, 0.25) is 0 Å². The van der Waals surface area contributed by atoms with E-state index in [1.54, 1.807) is 0 Å². The number of hydrogen-bond donors (Lipinski definition) is 0. The van der Waals surface area contributed by atoms with Gasteiger partial charge in [0.05, 0.1) is 0 Å². The van der Waals surface area contributed by atoms with E-state index in [-0.39, 0.29) is 0 Å². The predicted octanol–water partition coefficient (Wildman–Crippen LogP) is 5.20. The van der Waals surface area contributed by atoms with Crippen LogP contribution in [0.15, 0.2) is 0 Å². The minimum Gasteiger partial charge on any atom is -0.416 e. The molecule has 0 N–H and O–H groups in total. The first-order chi connectivity index (χ1) is 8.31. The van der Waals surface area contributed by atoms with E-state index in [2.05, 4.69) is 45.7 Å². The molecule has 0 atom stereocenters. The van der Waals surface area contributed by atoms with Crippen LogP contribution >= 0.6 is 11.6 Å². The van der Waals surface area contributed by atoms with Crippen LogP contribution in [-0.2, 0) is 4.43 Å². The minimum atomic E-state index is -1.57. The third-order valence-corrected chi connectivity index (χ3v) is 8.36. The zero-order valence-electron chi connectivity index (χ0n) is 12.7. The molecular formula is C15H29ClOSi. The predicted molar refractivity (Wildman–Crippen MR) is 84.7 cm³/mol. The molecule has 0 rings (SSSR count). The molecule has 0 amide bonds. The summed E-state index contributed by atoms with van der Waals surface area (Å²) in [7, 11) is -1.57. The van der Waals surface area contributed by atoms with Gasteiger partial charge in [-0.1, -0.05) is 27.2 Å². The van der Waals surface area contributed by atoms with Gasteiger partial charge in [-0.3, -0.25) is 0 Å². The maximum absolute atomic E-state index is 6.06. The summed E-state index contributed by atoms with van der Waals surface area (Å²) in [6, 6.07) is 0. The van der Waals surface area contributed by atoms with E-state index in [0.29, 0.717) is 5.04 Å². The fraction of sp³-hybridized carbons (Fsp3) is 0.867. The molecule has 3 heteroatoms. The van der Waals surface area contributed by atoms with Crippen LogP contribution < -0.4 is 0 Å². The number of hydrogen-bond acceptors (Lipinski definition) is 1. The van der Waals surface area contributed by atoms with Crippen molar-refractivity contribution in [3.63, 3.8) is 0 Å². The quantitative estimate of drug-likeness (QED) is 0.271. The molecule has 0 saturated heterocycles. The monoisotopic (exact) mass is 288 g/mol. The van der Waals surface area contributed by atoms with Crippen LogP contribution in [0.4, 0.5) is 0 Å². The van der Waals surface area contributed by atoms with Crippen LogP contribution in [0.2, 0.25) is 18.1 Å². The maximum Gasteiger partial charge on any atom is 0.192 e. The van der Waals surface area contributed by atoms with Crippen molar-refractivity contribution >= 4 is 19.9 Å². The van der Waals surface area contributed by atoms with Crippen LogP contribution in [-0.4, -0.2) is 20.8 Å². The first-order valence-corrected chi connectivity index (χ1v) is 10.4. The van der Waals surface area contributed by atoms with Crippen molar-refractivity contribution in [3.05, 3.63) is 0 Å². The van der Waals surface area contributed by atoms with Crippen molar-refractivity contribution in [2.45, 2.75) is 71.0 Å². The van der Waals surface area contributed by atoms with Gasteiger partial charge in [-0.2, -0.15) is 0 Å². The molecular weight excluding hydrogens is 260 g/mol. The Morgan fingerprint density at radius 1 is 1.00 bits per heavy atom. The van der Waals surface area contributed by atoms with Crippen molar-refractivity contribution in [1.29, 1.82) is 0 Å². The lowest BCUT2D eigenvalue weighted by Gasteiger charge is -2.35. The number of unbranched alkanes of at least 4 members (excludes halogenated alkanes) is 3. The molecule has 0 bridgehead atoms. The zero-order valence-corrected chi connectivity index (χ0v) is 14.5. The molecule has 0 aromatic carbocycles. The van der Waals surface area contributed by atoms with Crippen molar-refractivity contribution in [3.8, 4) is 11.8 Å². The number of rotatable bonds is 7. The summed E-state index contributed by atoms with van der Waals surface area (Å²) in [6.45, 7) is 12.1. The number of alkyl halides is 1. The van der Waals surface area contributed by atoms with Crippen molar-refractivity contribution < 1.29 is 4.43 Å². The van der Waals surface area contributed by atoms with Crippen molar-refractivity contribution in [1.82, 2.24) is 0 Å². The smallest absolute Gasteiger partial charge is 0.192 e. The Morgan fingerprint density at radius 2 is 1.61 bits per heavy atom. The molecule has 0 aliphatic heterocycles. The Labute approximate surface area is 120 Å². The van der Waals surface area contributed by atoms with Crippen molar-refractivity contribution in [2.75, 3.05) is 12.5 Å². The first-order valence-electron chi connectivity index (χ1n) is 6.97. The van der Waals surface area contributed by atoms with E-state index in [0.717, 1.165) is 31.7 Å². The first kappa shape index (κ1) is 18.0. The fourth-order valence-electron chi connectivity index (χ4n) is 1.24. The molecule has 18 heavy (non-hydrogen) atoms. The molecule has 0 unspecified atom stereocenters. The molecule has 0 fully saturated rings. The summed E-state index contributed by atoms with van der Waals surface area (Å²) in [4.78, 5) is 0. The van der Waals surface area contributed by atoms with Gasteiger partial charge in [-0.25, -0.2) is 0 Å². The highest BCUT2D eigenvalue weighted by atomic mass is 35.5. The molecule has 0 aliphatic rings. The Kier molecular flexibility index (Phi) is 9.03. The maximum atomic E-state index is 6.06. The van der Waals surface area contributed by atoms with Gasteiger partial charge in [0.15, 0.2) is 8.32 Å². The van der Waals surface area contributed by atoms with Crippen molar-refractivity contribution in [2.24, 2.45) is 0 Å². The third-order valence-electron chi connectivity index (χ3n) is 3.56. The highest BCUT2D eigenvalue weighted by molar-refractivity contribution is 6.74. The van der Waals surface area contributed by atoms with Crippen LogP contribution in [0.3, 0.4) is 0 Å². The topological polar surface area (TPSA) is 9.23 Å². The second-order valence-corrected chi connectivity index (χ2v) is 11.4. The second-order valence-electron chi connectivity index (χ2n) is 6.21. The van der Waals surface area contributed by atoms with Gasteiger partial charge >= 0.3 is 0 Å². The molecule has 0 aromatic heterocycles. The largest absolute Gasteiger partial charge is 0.416 e. The molecule has 1 nitrogen and oxygen atoms in total. The Balaban J connectivity index is 3.65. The third kappa shape index (κ3) is 8.19. The van der Waals surface area contributed by atoms with Gasteiger partial charge in [0.25, 0.3) is 0 Å². The Hall–Kier alpha value is 0.0269. The lowest BCUT2D eigenvalue weighted by atomic mass is 10.2. The fourth-order valence-corrected chi connectivity index (χ4v) is 2.47. The van der Waals surface area contributed by atoms with Gasteiger partial charge < -0.3 is 4.43 Å². The number of halogens is 1. The molecule has 0 saturated carbocycles. The summed E-state index contributed by atoms with van der Waals surface area (Å²) in [6.07, 6.45) is 5.33. The zero-order chi connectivity index (χ0) is 14.1. The second kappa shape index (κ2) is 9.01. The molecule has 0 heterocycles. The van der Waals surface area contributed by atoms with E-state index < -0.39 is 8.32 Å². The lowest BCUT2D eigenvalue weighted by Crippen LogP contribution is -2.40. The van der Waals surface area contributed by atoms with Gasteiger partial charge in [-0.15, -0.1) is 23.4 Å². The summed E-state index contributed by atoms with van der Waals surface area (Å²) >= 11 is 5.61. The highest BCUT2D eigenvalue weighted by Gasteiger charge is 2.36. The van der Waals surface area contributed by atoms with E-state index >= 15 is 0 Å². The summed E-state index contributed by atoms with van der Waals surface area (Å²) in [5.74, 6) is 7.18. The Morgan fingerprint density at radius 3 is 2.17 bits per heavy atom. The van der Waals surface area contributed by atoms with Crippen LogP contribution in [0.25, 0.3) is 0 Å². The van der Waals surface area contributed by atoms with E-state index in [9.17, 15) is 0 Å². The summed E-state index contributed by atoms with van der Waals surface area (Å²) in [5.41, 5.74) is 0. The standard InChI is InChI=1S/C15H29ClOSi/c1-15(2,3)18(4,5)17-14-12-10-8-6-7-9-11-13-16/h6-7,9,11-14H2,1-5H3. The van der Waals surface area contributed by atoms with Gasteiger partial charge in [0.1, 0.15) is 0 Å². The molecule has 106 valence electrons. The Bertz CT molecular complexity index is 270. The van der Waals surface area contributed by atoms with E-state index in [1.807, 2.05) is 0 Å². The average Bonchev–Trinajstić information content (AvgIpc) is 2.25. The summed E-state index contributed by atoms with van der Waals surface area (Å²) < 4.78 is 6.06. The van der Waals surface area contributed by atoms with E-state index in [4.69, 9.17) is 16.0 Å². The highest BCUT2D eigenvalue weighted by Crippen LogP contribution is 2.36. The van der Waals surface area contributed by atoms with Crippen LogP contribution in [0.1, 0.15) is 52.9 Å². The molecule has 0 aliphatic carbocycles. The van der Waals surface area contributed by atoms with Gasteiger partial charge in [-0.05, 0) is 31.0 Å². The van der Waals surface area contributed by atoms with Crippen LogP contribution in [0.5, 0.6) is 0 Å². The van der Waals surface area contributed by atoms with Crippen LogP contribution in [0, 0.1) is 11.8 Å². The summed E-state index contributed by atoms with van der Waals surface area (Å²) in [5, 5.41) is 0.294. The van der Waals surface area contributed by atoms with E-state index in [1.165, 1.54) is 12.8 Å². The average molecular weight is 289 g/mol. The lowest BCUT2D eigenvalue weighted by molar-refractivity contribution is 0.296. The van der Waals surface area contributed by atoms with Gasteiger partial charge in [0, 0.05) is 25.3 Å². The normalized spacial score (nSPS) is 12.1. The SMILES string of the molecule is CC(C)(C)[Si](C)(C)OCCC#CCCCCCCl.